The van der Waals surface area contributed by atoms with Crippen LogP contribution in [0.4, 0.5) is 0 Å². The summed E-state index contributed by atoms with van der Waals surface area (Å²) in [6.45, 7) is 4.92. The zero-order chi connectivity index (χ0) is 18.9. The smallest absolute Gasteiger partial charge is 0.226 e. The highest BCUT2D eigenvalue weighted by molar-refractivity contribution is 6.09. The molecule has 4 heterocycles. The molecule has 144 valence electrons. The van der Waals surface area contributed by atoms with Gasteiger partial charge in [-0.1, -0.05) is 6.07 Å². The second kappa shape index (κ2) is 7.21. The third-order valence-corrected chi connectivity index (χ3v) is 5.14. The number of morpholine rings is 1. The van der Waals surface area contributed by atoms with Crippen LogP contribution in [0, 0.1) is 0 Å². The van der Waals surface area contributed by atoms with Crippen LogP contribution >= 0.6 is 0 Å². The van der Waals surface area contributed by atoms with Crippen molar-refractivity contribution in [3.63, 3.8) is 0 Å². The highest BCUT2D eigenvalue weighted by Gasteiger charge is 2.15. The van der Waals surface area contributed by atoms with E-state index < -0.39 is 0 Å². The van der Waals surface area contributed by atoms with Gasteiger partial charge in [0.2, 0.25) is 5.88 Å². The minimum atomic E-state index is 0.584. The van der Waals surface area contributed by atoms with E-state index in [0.29, 0.717) is 12.5 Å². The Kier molecular flexibility index (Phi) is 4.42. The highest BCUT2D eigenvalue weighted by atomic mass is 16.5. The summed E-state index contributed by atoms with van der Waals surface area (Å²) >= 11 is 0. The average Bonchev–Trinajstić information content (AvgIpc) is 3.32. The Hall–Kier alpha value is -2.97. The van der Waals surface area contributed by atoms with Gasteiger partial charge < -0.3 is 14.5 Å². The van der Waals surface area contributed by atoms with Crippen LogP contribution in [-0.2, 0) is 11.8 Å². The van der Waals surface area contributed by atoms with Crippen molar-refractivity contribution in [3.8, 4) is 17.0 Å². The van der Waals surface area contributed by atoms with Crippen molar-refractivity contribution in [2.75, 3.05) is 39.5 Å². The number of hydrogen-bond acceptors (Lipinski definition) is 6. The van der Waals surface area contributed by atoms with Gasteiger partial charge in [0.25, 0.3) is 0 Å². The lowest BCUT2D eigenvalue weighted by atomic mass is 10.1. The third kappa shape index (κ3) is 3.21. The Balaban J connectivity index is 1.46. The number of H-pyrrole nitrogens is 1. The van der Waals surface area contributed by atoms with Crippen LogP contribution in [0.2, 0.25) is 0 Å². The maximum absolute atomic E-state index is 6.07. The summed E-state index contributed by atoms with van der Waals surface area (Å²) in [5.74, 6) is 0.618. The van der Waals surface area contributed by atoms with Crippen molar-refractivity contribution in [1.29, 1.82) is 0 Å². The third-order valence-electron chi connectivity index (χ3n) is 5.14. The number of nitrogens with zero attached hydrogens (tertiary/aromatic N) is 5. The van der Waals surface area contributed by atoms with Crippen molar-refractivity contribution in [1.82, 2.24) is 29.6 Å². The lowest BCUT2D eigenvalue weighted by Gasteiger charge is -2.26. The molecule has 5 rings (SSSR count). The molecule has 1 aromatic carbocycles. The predicted octanol–water partition coefficient (Wildman–Crippen LogP) is 2.22. The van der Waals surface area contributed by atoms with Crippen LogP contribution in [0.5, 0.6) is 5.88 Å². The molecule has 1 saturated heterocycles. The van der Waals surface area contributed by atoms with Gasteiger partial charge in [0.15, 0.2) is 0 Å². The second-order valence-electron chi connectivity index (χ2n) is 6.99. The zero-order valence-corrected chi connectivity index (χ0v) is 15.8. The minimum absolute atomic E-state index is 0.584. The molecule has 1 aliphatic heterocycles. The van der Waals surface area contributed by atoms with Crippen molar-refractivity contribution < 1.29 is 9.47 Å². The SMILES string of the molecule is Cn1cc(-c2ccc3[nH]c4ncnc(OCCN5CCOCC5)c4c3c2)cn1. The monoisotopic (exact) mass is 378 g/mol. The molecular weight excluding hydrogens is 356 g/mol. The minimum Gasteiger partial charge on any atom is -0.476 e. The fourth-order valence-corrected chi connectivity index (χ4v) is 3.65. The largest absolute Gasteiger partial charge is 0.476 e. The fourth-order valence-electron chi connectivity index (χ4n) is 3.65. The van der Waals surface area contributed by atoms with E-state index in [2.05, 4.69) is 43.1 Å². The second-order valence-corrected chi connectivity index (χ2v) is 6.99. The molecule has 0 saturated carbocycles. The van der Waals surface area contributed by atoms with Crippen LogP contribution in [0.3, 0.4) is 0 Å². The van der Waals surface area contributed by atoms with E-state index in [-0.39, 0.29) is 0 Å². The Morgan fingerprint density at radius 2 is 2.07 bits per heavy atom. The summed E-state index contributed by atoms with van der Waals surface area (Å²) in [7, 11) is 1.92. The Morgan fingerprint density at radius 1 is 1.18 bits per heavy atom. The van der Waals surface area contributed by atoms with Gasteiger partial charge in [-0.15, -0.1) is 0 Å². The van der Waals surface area contributed by atoms with Crippen molar-refractivity contribution in [2.45, 2.75) is 0 Å². The molecule has 0 bridgehead atoms. The molecule has 0 unspecified atom stereocenters. The van der Waals surface area contributed by atoms with Crippen molar-refractivity contribution in [3.05, 3.63) is 36.9 Å². The molecule has 1 N–H and O–H groups in total. The summed E-state index contributed by atoms with van der Waals surface area (Å²) in [4.78, 5) is 14.5. The van der Waals surface area contributed by atoms with E-state index in [0.717, 1.165) is 65.9 Å². The van der Waals surface area contributed by atoms with E-state index >= 15 is 0 Å². The van der Waals surface area contributed by atoms with Gasteiger partial charge in [0.1, 0.15) is 18.6 Å². The summed E-state index contributed by atoms with van der Waals surface area (Å²) < 4.78 is 13.3. The summed E-state index contributed by atoms with van der Waals surface area (Å²) in [5.41, 5.74) is 3.98. The number of ether oxygens (including phenoxy) is 2. The van der Waals surface area contributed by atoms with Crippen LogP contribution in [0.15, 0.2) is 36.9 Å². The molecule has 8 heteroatoms. The van der Waals surface area contributed by atoms with Crippen molar-refractivity contribution >= 4 is 21.9 Å². The number of aromatic amines is 1. The number of rotatable bonds is 5. The first-order valence-electron chi connectivity index (χ1n) is 9.46. The molecule has 3 aromatic heterocycles. The maximum atomic E-state index is 6.07. The number of aryl methyl sites for hydroxylation is 1. The van der Waals surface area contributed by atoms with Gasteiger partial charge >= 0.3 is 0 Å². The molecule has 4 aromatic rings. The van der Waals surface area contributed by atoms with Gasteiger partial charge in [-0.3, -0.25) is 9.58 Å². The Labute approximate surface area is 162 Å². The van der Waals surface area contributed by atoms with E-state index in [1.54, 1.807) is 11.0 Å². The lowest BCUT2D eigenvalue weighted by molar-refractivity contribution is 0.0321. The van der Waals surface area contributed by atoms with Crippen LogP contribution < -0.4 is 4.74 Å². The molecule has 1 fully saturated rings. The van der Waals surface area contributed by atoms with Crippen LogP contribution in [-0.4, -0.2) is 69.1 Å². The number of hydrogen-bond donors (Lipinski definition) is 1. The molecule has 0 spiro atoms. The first kappa shape index (κ1) is 17.2. The first-order chi connectivity index (χ1) is 13.8. The normalized spacial score (nSPS) is 15.5. The molecule has 8 nitrogen and oxygen atoms in total. The first-order valence-corrected chi connectivity index (χ1v) is 9.46. The number of nitrogens with one attached hydrogen (secondary N) is 1. The molecule has 0 atom stereocenters. The van der Waals surface area contributed by atoms with E-state index in [1.165, 1.54) is 0 Å². The van der Waals surface area contributed by atoms with Gasteiger partial charge in [-0.2, -0.15) is 5.10 Å². The summed E-state index contributed by atoms with van der Waals surface area (Å²) in [6, 6.07) is 6.29. The zero-order valence-electron chi connectivity index (χ0n) is 15.8. The highest BCUT2D eigenvalue weighted by Crippen LogP contribution is 2.33. The maximum Gasteiger partial charge on any atom is 0.226 e. The van der Waals surface area contributed by atoms with Crippen LogP contribution in [0.1, 0.15) is 0 Å². The Bertz CT molecular complexity index is 1110. The van der Waals surface area contributed by atoms with Gasteiger partial charge in [-0.25, -0.2) is 9.97 Å². The molecule has 0 aliphatic carbocycles. The number of fused-ring (bicyclic) bond motifs is 3. The molecule has 1 aliphatic rings. The number of benzene rings is 1. The fraction of sp³-hybridized carbons (Fsp3) is 0.350. The lowest BCUT2D eigenvalue weighted by Crippen LogP contribution is -2.38. The van der Waals surface area contributed by atoms with E-state index in [4.69, 9.17) is 9.47 Å². The summed E-state index contributed by atoms with van der Waals surface area (Å²) in [6.07, 6.45) is 5.42. The van der Waals surface area contributed by atoms with Crippen LogP contribution in [0.25, 0.3) is 33.1 Å². The number of aromatic nitrogens is 5. The predicted molar refractivity (Wildman–Crippen MR) is 106 cm³/mol. The molecule has 0 amide bonds. The standard InChI is InChI=1S/C20H22N6O2/c1-25-12-15(11-23-25)14-2-3-17-16(10-14)18-19(24-17)21-13-22-20(18)28-9-6-26-4-7-27-8-5-26/h2-3,10-13H,4-9H2,1H3,(H,21,22,24). The molecular formula is C20H22N6O2. The Morgan fingerprint density at radius 3 is 2.89 bits per heavy atom. The quantitative estimate of drug-likeness (QED) is 0.574. The van der Waals surface area contributed by atoms with Gasteiger partial charge in [0.05, 0.1) is 24.8 Å². The topological polar surface area (TPSA) is 81.1 Å². The van der Waals surface area contributed by atoms with Crippen molar-refractivity contribution in [2.24, 2.45) is 7.05 Å². The molecule has 0 radical (unpaired) electrons. The van der Waals surface area contributed by atoms with E-state index in [1.807, 2.05) is 19.4 Å². The van der Waals surface area contributed by atoms with Gasteiger partial charge in [-0.05, 0) is 17.7 Å². The average molecular weight is 378 g/mol. The summed E-state index contributed by atoms with van der Waals surface area (Å²) in [5, 5.41) is 6.25. The molecule has 28 heavy (non-hydrogen) atoms. The van der Waals surface area contributed by atoms with Gasteiger partial charge in [0, 0.05) is 49.3 Å². The van der Waals surface area contributed by atoms with E-state index in [9.17, 15) is 0 Å².